The minimum absolute atomic E-state index is 1.19. The Hall–Kier alpha value is -4.10. The summed E-state index contributed by atoms with van der Waals surface area (Å²) in [5, 5.41) is 2.56. The third-order valence-electron chi connectivity index (χ3n) is 7.14. The van der Waals surface area contributed by atoms with Crippen LogP contribution in [0.5, 0.6) is 0 Å². The van der Waals surface area contributed by atoms with Crippen molar-refractivity contribution in [1.29, 1.82) is 0 Å². The molecule has 0 radical (unpaired) electrons. The lowest BCUT2D eigenvalue weighted by Gasteiger charge is -2.11. The summed E-state index contributed by atoms with van der Waals surface area (Å²) in [5.41, 5.74) is 13.8. The summed E-state index contributed by atoms with van der Waals surface area (Å²) in [6, 6.07) is 38.2. The van der Waals surface area contributed by atoms with Gasteiger partial charge < -0.3 is 4.57 Å². The van der Waals surface area contributed by atoms with Crippen molar-refractivity contribution in [3.8, 4) is 27.9 Å². The molecule has 0 saturated carbocycles. The summed E-state index contributed by atoms with van der Waals surface area (Å²) in [6.45, 7) is 8.63. The van der Waals surface area contributed by atoms with Crippen LogP contribution in [0.4, 0.5) is 0 Å². The van der Waals surface area contributed by atoms with E-state index in [1.165, 1.54) is 72.0 Å². The minimum Gasteiger partial charge on any atom is -0.309 e. The van der Waals surface area contributed by atoms with Gasteiger partial charge in [0, 0.05) is 16.5 Å². The first-order valence-corrected chi connectivity index (χ1v) is 12.3. The molecule has 0 aliphatic carbocycles. The van der Waals surface area contributed by atoms with Gasteiger partial charge in [-0.1, -0.05) is 95.6 Å². The van der Waals surface area contributed by atoms with Crippen molar-refractivity contribution < 1.29 is 0 Å². The molecule has 0 spiro atoms. The number of nitrogens with zero attached hydrogens (tertiary/aromatic N) is 1. The molecular weight excluding hydrogens is 422 g/mol. The van der Waals surface area contributed by atoms with Crippen molar-refractivity contribution in [2.24, 2.45) is 0 Å². The van der Waals surface area contributed by atoms with Crippen LogP contribution >= 0.6 is 0 Å². The van der Waals surface area contributed by atoms with Crippen molar-refractivity contribution in [2.45, 2.75) is 27.7 Å². The minimum atomic E-state index is 1.19. The Balaban J connectivity index is 1.65. The van der Waals surface area contributed by atoms with E-state index in [-0.39, 0.29) is 0 Å². The standard InChI is InChI=1S/C34H29N/c1-22-5-10-26(11-6-22)27-12-17-31-32-18-13-28(30-16-9-24(3)19-25(30)4)21-34(32)35(33(31)20-27)29-14-7-23(2)8-15-29/h5-21H,1-4H3. The molecule has 0 amide bonds. The molecule has 1 heterocycles. The SMILES string of the molecule is Cc1ccc(-c2ccc3c4ccc(-c5ccc(C)cc5C)cc4n(-c4ccc(C)cc4)c3c2)cc1. The number of hydrogen-bond acceptors (Lipinski definition) is 0. The average Bonchev–Trinajstić information content (AvgIpc) is 3.18. The van der Waals surface area contributed by atoms with Crippen molar-refractivity contribution >= 4 is 21.8 Å². The molecular formula is C34H29N. The highest BCUT2D eigenvalue weighted by atomic mass is 15.0. The summed E-state index contributed by atoms with van der Waals surface area (Å²) in [7, 11) is 0. The molecule has 0 fully saturated rings. The predicted octanol–water partition coefficient (Wildman–Crippen LogP) is 9.35. The zero-order valence-electron chi connectivity index (χ0n) is 20.8. The number of benzene rings is 5. The van der Waals surface area contributed by atoms with Crippen LogP contribution in [0.1, 0.15) is 22.3 Å². The van der Waals surface area contributed by atoms with Gasteiger partial charge in [-0.2, -0.15) is 0 Å². The molecule has 0 aliphatic rings. The van der Waals surface area contributed by atoms with Gasteiger partial charge in [-0.25, -0.2) is 0 Å². The summed E-state index contributed by atoms with van der Waals surface area (Å²) in [6.07, 6.45) is 0. The highest BCUT2D eigenvalue weighted by Gasteiger charge is 2.15. The van der Waals surface area contributed by atoms with E-state index in [0.717, 1.165) is 0 Å². The Bertz CT molecular complexity index is 1700. The molecule has 0 unspecified atom stereocenters. The molecule has 1 heteroatoms. The van der Waals surface area contributed by atoms with Crippen LogP contribution in [-0.4, -0.2) is 4.57 Å². The fraction of sp³-hybridized carbons (Fsp3) is 0.118. The normalized spacial score (nSPS) is 11.4. The molecule has 0 aliphatic heterocycles. The molecule has 0 bridgehead atoms. The predicted molar refractivity (Wildman–Crippen MR) is 151 cm³/mol. The quantitative estimate of drug-likeness (QED) is 0.252. The van der Waals surface area contributed by atoms with Gasteiger partial charge in [-0.3, -0.25) is 0 Å². The van der Waals surface area contributed by atoms with E-state index in [0.29, 0.717) is 0 Å². The second-order valence-electron chi connectivity index (χ2n) is 9.82. The van der Waals surface area contributed by atoms with Gasteiger partial charge in [0.1, 0.15) is 0 Å². The van der Waals surface area contributed by atoms with Crippen molar-refractivity contribution in [3.63, 3.8) is 0 Å². The molecule has 170 valence electrons. The molecule has 0 N–H and O–H groups in total. The van der Waals surface area contributed by atoms with Crippen molar-refractivity contribution in [3.05, 3.63) is 125 Å². The maximum Gasteiger partial charge on any atom is 0.0547 e. The molecule has 1 nitrogen and oxygen atoms in total. The van der Waals surface area contributed by atoms with Crippen LogP contribution in [0.25, 0.3) is 49.7 Å². The molecule has 1 aromatic heterocycles. The second-order valence-corrected chi connectivity index (χ2v) is 9.82. The Kier molecular flexibility index (Phi) is 5.07. The Labute approximate surface area is 207 Å². The van der Waals surface area contributed by atoms with Crippen LogP contribution in [0.3, 0.4) is 0 Å². The van der Waals surface area contributed by atoms with Gasteiger partial charge in [-0.15, -0.1) is 0 Å². The van der Waals surface area contributed by atoms with Crippen molar-refractivity contribution in [1.82, 2.24) is 4.57 Å². The lowest BCUT2D eigenvalue weighted by molar-refractivity contribution is 1.17. The molecule has 0 atom stereocenters. The summed E-state index contributed by atoms with van der Waals surface area (Å²) < 4.78 is 2.43. The van der Waals surface area contributed by atoms with E-state index < -0.39 is 0 Å². The maximum absolute atomic E-state index is 2.43. The third-order valence-corrected chi connectivity index (χ3v) is 7.14. The first kappa shape index (κ1) is 21.4. The smallest absolute Gasteiger partial charge is 0.0547 e. The summed E-state index contributed by atoms with van der Waals surface area (Å²) >= 11 is 0. The number of fused-ring (bicyclic) bond motifs is 3. The maximum atomic E-state index is 2.43. The van der Waals surface area contributed by atoms with E-state index in [9.17, 15) is 0 Å². The van der Waals surface area contributed by atoms with Gasteiger partial charge in [-0.05, 0) is 79.8 Å². The third kappa shape index (κ3) is 3.74. The lowest BCUT2D eigenvalue weighted by Crippen LogP contribution is -1.94. The molecule has 6 aromatic rings. The topological polar surface area (TPSA) is 4.93 Å². The summed E-state index contributed by atoms with van der Waals surface area (Å²) in [5.74, 6) is 0. The van der Waals surface area contributed by atoms with Crippen LogP contribution in [0.2, 0.25) is 0 Å². The molecule has 6 rings (SSSR count). The van der Waals surface area contributed by atoms with Crippen LogP contribution in [0.15, 0.2) is 103 Å². The van der Waals surface area contributed by atoms with Crippen molar-refractivity contribution in [2.75, 3.05) is 0 Å². The monoisotopic (exact) mass is 451 g/mol. The van der Waals surface area contributed by atoms with Gasteiger partial charge in [0.15, 0.2) is 0 Å². The zero-order chi connectivity index (χ0) is 24.1. The van der Waals surface area contributed by atoms with Crippen LogP contribution < -0.4 is 0 Å². The molecule has 5 aromatic carbocycles. The first-order valence-electron chi connectivity index (χ1n) is 12.3. The summed E-state index contributed by atoms with van der Waals surface area (Å²) in [4.78, 5) is 0. The Morgan fingerprint density at radius 3 is 1.57 bits per heavy atom. The Morgan fingerprint density at radius 2 is 0.943 bits per heavy atom. The highest BCUT2D eigenvalue weighted by molar-refractivity contribution is 6.11. The number of hydrogen-bond donors (Lipinski definition) is 0. The van der Waals surface area contributed by atoms with Gasteiger partial charge in [0.2, 0.25) is 0 Å². The van der Waals surface area contributed by atoms with Gasteiger partial charge in [0.25, 0.3) is 0 Å². The average molecular weight is 452 g/mol. The number of rotatable bonds is 3. The second kappa shape index (κ2) is 8.29. The van der Waals surface area contributed by atoms with Gasteiger partial charge >= 0.3 is 0 Å². The van der Waals surface area contributed by atoms with Gasteiger partial charge in [0.05, 0.1) is 11.0 Å². The van der Waals surface area contributed by atoms with Crippen LogP contribution in [0, 0.1) is 27.7 Å². The van der Waals surface area contributed by atoms with Crippen LogP contribution in [-0.2, 0) is 0 Å². The number of aromatic nitrogens is 1. The Morgan fingerprint density at radius 1 is 0.429 bits per heavy atom. The van der Waals surface area contributed by atoms with E-state index in [1.807, 2.05) is 0 Å². The lowest BCUT2D eigenvalue weighted by atomic mass is 9.97. The van der Waals surface area contributed by atoms with E-state index >= 15 is 0 Å². The fourth-order valence-electron chi connectivity index (χ4n) is 5.22. The molecule has 35 heavy (non-hydrogen) atoms. The molecule has 0 saturated heterocycles. The first-order chi connectivity index (χ1) is 17.0. The van der Waals surface area contributed by atoms with E-state index in [4.69, 9.17) is 0 Å². The van der Waals surface area contributed by atoms with E-state index in [1.54, 1.807) is 0 Å². The number of aryl methyl sites for hydroxylation is 4. The zero-order valence-corrected chi connectivity index (χ0v) is 20.8. The largest absolute Gasteiger partial charge is 0.309 e. The highest BCUT2D eigenvalue weighted by Crippen LogP contribution is 2.37. The van der Waals surface area contributed by atoms with E-state index in [2.05, 4.69) is 135 Å². The fourth-order valence-corrected chi connectivity index (χ4v) is 5.22.